The second-order valence-corrected chi connectivity index (χ2v) is 8.50. The predicted octanol–water partition coefficient (Wildman–Crippen LogP) is 5.46. The molecule has 8 heteroatoms. The lowest BCUT2D eigenvalue weighted by molar-refractivity contribution is 0.100. The zero-order valence-electron chi connectivity index (χ0n) is 19.9. The van der Waals surface area contributed by atoms with E-state index in [9.17, 15) is 4.79 Å². The first-order valence-corrected chi connectivity index (χ1v) is 11.7. The number of methoxy groups -OCH3 is 1. The Morgan fingerprint density at radius 2 is 1.57 bits per heavy atom. The van der Waals surface area contributed by atoms with Gasteiger partial charge < -0.3 is 15.8 Å². The molecule has 0 aliphatic heterocycles. The van der Waals surface area contributed by atoms with Crippen molar-refractivity contribution in [2.75, 3.05) is 12.4 Å². The minimum absolute atomic E-state index is 0.429. The van der Waals surface area contributed by atoms with Crippen molar-refractivity contribution < 1.29 is 9.53 Å². The highest BCUT2D eigenvalue weighted by atomic mass is 16.5. The Hall–Kier alpha value is -5.24. The van der Waals surface area contributed by atoms with E-state index in [0.717, 1.165) is 38.9 Å². The predicted molar refractivity (Wildman–Crippen MR) is 144 cm³/mol. The number of primary amides is 1. The highest BCUT2D eigenvalue weighted by Gasteiger charge is 2.17. The Kier molecular flexibility index (Phi) is 5.46. The number of nitrogens with one attached hydrogen (secondary N) is 1. The van der Waals surface area contributed by atoms with E-state index >= 15 is 0 Å². The molecule has 0 unspecified atom stereocenters. The van der Waals surface area contributed by atoms with E-state index in [2.05, 4.69) is 15.5 Å². The van der Waals surface area contributed by atoms with Gasteiger partial charge in [-0.3, -0.25) is 4.79 Å². The Balaban J connectivity index is 1.53. The van der Waals surface area contributed by atoms with Gasteiger partial charge in [-0.2, -0.15) is 4.52 Å². The molecule has 180 valence electrons. The highest BCUT2D eigenvalue weighted by molar-refractivity contribution is 6.02. The normalized spacial score (nSPS) is 11.1. The van der Waals surface area contributed by atoms with Crippen LogP contribution in [0.5, 0.6) is 5.75 Å². The number of nitrogens with zero attached hydrogens (tertiary/aromatic N) is 4. The van der Waals surface area contributed by atoms with Gasteiger partial charge in [0, 0.05) is 33.2 Å². The zero-order chi connectivity index (χ0) is 25.4. The molecule has 0 saturated heterocycles. The van der Waals surface area contributed by atoms with Crippen LogP contribution in [0.2, 0.25) is 0 Å². The van der Waals surface area contributed by atoms with Crippen LogP contribution in [0, 0.1) is 0 Å². The number of nitrogens with two attached hydrogens (primary N) is 1. The lowest BCUT2D eigenvalue weighted by atomic mass is 10.0. The van der Waals surface area contributed by atoms with E-state index in [1.807, 2.05) is 84.9 Å². The first kappa shape index (κ1) is 22.2. The zero-order valence-corrected chi connectivity index (χ0v) is 19.9. The van der Waals surface area contributed by atoms with Crippen LogP contribution in [0.25, 0.3) is 38.9 Å². The lowest BCUT2D eigenvalue weighted by Gasteiger charge is -2.15. The third-order valence-corrected chi connectivity index (χ3v) is 6.25. The van der Waals surface area contributed by atoms with Gasteiger partial charge in [-0.15, -0.1) is 15.3 Å². The number of fused-ring (bicyclic) bond motifs is 3. The van der Waals surface area contributed by atoms with Crippen molar-refractivity contribution in [3.8, 4) is 28.3 Å². The molecule has 0 atom stereocenters. The molecule has 4 aromatic carbocycles. The molecule has 0 bridgehead atoms. The van der Waals surface area contributed by atoms with Gasteiger partial charge >= 0.3 is 0 Å². The molecule has 6 rings (SSSR count). The largest absolute Gasteiger partial charge is 0.497 e. The number of carbonyl (C=O) groups is 1. The van der Waals surface area contributed by atoms with E-state index in [-0.39, 0.29) is 0 Å². The molecule has 0 fully saturated rings. The quantitative estimate of drug-likeness (QED) is 0.324. The molecule has 0 aliphatic carbocycles. The number of carbonyl (C=O) groups excluding carboxylic acids is 1. The van der Waals surface area contributed by atoms with Crippen LogP contribution in [0.1, 0.15) is 10.4 Å². The number of amides is 1. The van der Waals surface area contributed by atoms with Crippen LogP contribution in [-0.2, 0) is 0 Å². The fraction of sp³-hybridized carbons (Fsp3) is 0.0345. The topological polar surface area (TPSA) is 107 Å². The van der Waals surface area contributed by atoms with Gasteiger partial charge in [0.2, 0.25) is 5.91 Å². The van der Waals surface area contributed by atoms with Gasteiger partial charge in [0.25, 0.3) is 0 Å². The summed E-state index contributed by atoms with van der Waals surface area (Å²) in [7, 11) is 1.63. The smallest absolute Gasteiger partial charge is 0.248 e. The summed E-state index contributed by atoms with van der Waals surface area (Å²) in [6.45, 7) is 0. The average molecular weight is 487 g/mol. The monoisotopic (exact) mass is 486 g/mol. The first-order chi connectivity index (χ1) is 18.1. The van der Waals surface area contributed by atoms with Crippen molar-refractivity contribution in [1.29, 1.82) is 0 Å². The van der Waals surface area contributed by atoms with Gasteiger partial charge in [0.15, 0.2) is 17.3 Å². The molecule has 0 radical (unpaired) electrons. The molecule has 1 amide bonds. The van der Waals surface area contributed by atoms with E-state index in [0.29, 0.717) is 22.9 Å². The Bertz CT molecular complexity index is 1760. The Morgan fingerprint density at radius 1 is 0.838 bits per heavy atom. The van der Waals surface area contributed by atoms with Crippen LogP contribution in [0.4, 0.5) is 11.5 Å². The molecule has 37 heavy (non-hydrogen) atoms. The molecule has 3 N–H and O–H groups in total. The number of aromatic nitrogens is 4. The minimum Gasteiger partial charge on any atom is -0.497 e. The number of ether oxygens (including phenoxy) is 1. The standard InChI is InChI=1S/C29H22N6O2/c1-37-21-14-11-19(12-15-21)28-32-33-29-23-10-6-5-9-22(23)27(34-35(28)29)31-25-16-13-20(26(30)36)17-24(25)18-7-3-2-4-8-18/h2-17H,1H3,(H2,30,36)(H,31,34). The summed E-state index contributed by atoms with van der Waals surface area (Å²) in [5.41, 5.74) is 10.1. The number of hydrogen-bond acceptors (Lipinski definition) is 6. The lowest BCUT2D eigenvalue weighted by Crippen LogP contribution is -2.11. The fourth-order valence-corrected chi connectivity index (χ4v) is 4.38. The Labute approximate surface area is 212 Å². The van der Waals surface area contributed by atoms with E-state index in [1.165, 1.54) is 0 Å². The van der Waals surface area contributed by atoms with Gasteiger partial charge in [-0.05, 0) is 48.0 Å². The summed E-state index contributed by atoms with van der Waals surface area (Å²) < 4.78 is 7.03. The maximum Gasteiger partial charge on any atom is 0.248 e. The van der Waals surface area contributed by atoms with Crippen LogP contribution >= 0.6 is 0 Å². The summed E-state index contributed by atoms with van der Waals surface area (Å²) in [5, 5.41) is 19.1. The van der Waals surface area contributed by atoms with Crippen LogP contribution in [0.3, 0.4) is 0 Å². The van der Waals surface area contributed by atoms with Gasteiger partial charge in [-0.1, -0.05) is 54.6 Å². The van der Waals surface area contributed by atoms with Gasteiger partial charge in [-0.25, -0.2) is 0 Å². The fourth-order valence-electron chi connectivity index (χ4n) is 4.38. The minimum atomic E-state index is -0.484. The van der Waals surface area contributed by atoms with Crippen molar-refractivity contribution in [2.24, 2.45) is 5.73 Å². The maximum atomic E-state index is 11.9. The van der Waals surface area contributed by atoms with Crippen molar-refractivity contribution in [1.82, 2.24) is 19.8 Å². The average Bonchev–Trinajstić information content (AvgIpc) is 3.38. The number of benzene rings is 4. The van der Waals surface area contributed by atoms with Crippen molar-refractivity contribution >= 4 is 33.8 Å². The molecule has 0 saturated carbocycles. The van der Waals surface area contributed by atoms with Crippen LogP contribution in [0.15, 0.2) is 97.1 Å². The molecule has 0 spiro atoms. The highest BCUT2D eigenvalue weighted by Crippen LogP contribution is 2.34. The molecule has 8 nitrogen and oxygen atoms in total. The summed E-state index contributed by atoms with van der Waals surface area (Å²) in [6.07, 6.45) is 0. The van der Waals surface area contributed by atoms with Gasteiger partial charge in [0.05, 0.1) is 7.11 Å². The summed E-state index contributed by atoms with van der Waals surface area (Å²) in [4.78, 5) is 11.9. The number of hydrogen-bond donors (Lipinski definition) is 2. The third-order valence-electron chi connectivity index (χ3n) is 6.25. The van der Waals surface area contributed by atoms with Crippen molar-refractivity contribution in [3.05, 3.63) is 103 Å². The molecular weight excluding hydrogens is 464 g/mol. The van der Waals surface area contributed by atoms with E-state index in [4.69, 9.17) is 15.6 Å². The van der Waals surface area contributed by atoms with Crippen LogP contribution < -0.4 is 15.8 Å². The molecular formula is C29H22N6O2. The SMILES string of the molecule is COc1ccc(-c2nnc3c4ccccc4c(Nc4ccc(C(N)=O)cc4-c4ccccc4)nn23)cc1. The number of rotatable bonds is 6. The number of anilines is 2. The first-order valence-electron chi connectivity index (χ1n) is 11.7. The molecule has 2 aromatic heterocycles. The Morgan fingerprint density at radius 3 is 2.30 bits per heavy atom. The third kappa shape index (κ3) is 4.00. The summed E-state index contributed by atoms with van der Waals surface area (Å²) in [5.74, 6) is 1.51. The second kappa shape index (κ2) is 9.09. The van der Waals surface area contributed by atoms with Crippen LogP contribution in [-0.4, -0.2) is 32.8 Å². The summed E-state index contributed by atoms with van der Waals surface area (Å²) >= 11 is 0. The summed E-state index contributed by atoms with van der Waals surface area (Å²) in [6, 6.07) is 30.7. The second-order valence-electron chi connectivity index (χ2n) is 8.50. The van der Waals surface area contributed by atoms with Crippen molar-refractivity contribution in [2.45, 2.75) is 0 Å². The van der Waals surface area contributed by atoms with Gasteiger partial charge in [0.1, 0.15) is 5.75 Å². The molecule has 6 aromatic rings. The molecule has 2 heterocycles. The van der Waals surface area contributed by atoms with E-state index < -0.39 is 5.91 Å². The maximum absolute atomic E-state index is 11.9. The van der Waals surface area contributed by atoms with E-state index in [1.54, 1.807) is 23.8 Å². The molecule has 0 aliphatic rings. The van der Waals surface area contributed by atoms with Crippen molar-refractivity contribution in [3.63, 3.8) is 0 Å².